The molecule has 1 atom stereocenters. The minimum absolute atomic E-state index is 0.446. The SMILES string of the molecule is CC[C@H](O)c1ccc(N(CCC(C)C)CCC(C)C)cn1. The fraction of sp³-hybridized carbons (Fsp3) is 0.722. The summed E-state index contributed by atoms with van der Waals surface area (Å²) in [5, 5.41) is 9.83. The van der Waals surface area contributed by atoms with E-state index in [1.807, 2.05) is 19.2 Å². The van der Waals surface area contributed by atoms with Gasteiger partial charge in [-0.2, -0.15) is 0 Å². The fourth-order valence-electron chi connectivity index (χ4n) is 2.19. The fourth-order valence-corrected chi connectivity index (χ4v) is 2.19. The maximum atomic E-state index is 9.83. The Kier molecular flexibility index (Phi) is 7.73. The molecule has 0 saturated carbocycles. The molecule has 3 heteroatoms. The van der Waals surface area contributed by atoms with Crippen molar-refractivity contribution in [1.82, 2.24) is 4.98 Å². The Balaban J connectivity index is 2.75. The Bertz CT molecular complexity index is 375. The van der Waals surface area contributed by atoms with Crippen molar-refractivity contribution >= 4 is 5.69 Å². The second-order valence-corrected chi connectivity index (χ2v) is 6.72. The molecule has 21 heavy (non-hydrogen) atoms. The van der Waals surface area contributed by atoms with Crippen molar-refractivity contribution in [2.45, 2.75) is 60.0 Å². The summed E-state index contributed by atoms with van der Waals surface area (Å²) in [5.41, 5.74) is 1.94. The molecule has 0 radical (unpaired) electrons. The highest BCUT2D eigenvalue weighted by molar-refractivity contribution is 5.44. The molecule has 0 fully saturated rings. The van der Waals surface area contributed by atoms with Crippen LogP contribution in [-0.4, -0.2) is 23.2 Å². The number of aliphatic hydroxyl groups excluding tert-OH is 1. The number of rotatable bonds is 9. The third kappa shape index (κ3) is 6.47. The first-order chi connectivity index (χ1) is 9.93. The second-order valence-electron chi connectivity index (χ2n) is 6.72. The summed E-state index contributed by atoms with van der Waals surface area (Å²) in [7, 11) is 0. The molecule has 1 heterocycles. The van der Waals surface area contributed by atoms with Gasteiger partial charge in [-0.1, -0.05) is 34.6 Å². The van der Waals surface area contributed by atoms with Gasteiger partial charge in [-0.3, -0.25) is 4.98 Å². The van der Waals surface area contributed by atoms with Gasteiger partial charge in [0.2, 0.25) is 0 Å². The average molecular weight is 292 g/mol. The van der Waals surface area contributed by atoms with Crippen molar-refractivity contribution < 1.29 is 5.11 Å². The Morgan fingerprint density at radius 2 is 1.62 bits per heavy atom. The van der Waals surface area contributed by atoms with Crippen LogP contribution in [-0.2, 0) is 0 Å². The monoisotopic (exact) mass is 292 g/mol. The molecule has 1 rings (SSSR count). The molecule has 1 N–H and O–H groups in total. The number of pyridine rings is 1. The van der Waals surface area contributed by atoms with Crippen molar-refractivity contribution in [3.05, 3.63) is 24.0 Å². The lowest BCUT2D eigenvalue weighted by atomic mass is 10.1. The van der Waals surface area contributed by atoms with Crippen molar-refractivity contribution in [2.24, 2.45) is 11.8 Å². The van der Waals surface area contributed by atoms with Gasteiger partial charge in [0.15, 0.2) is 0 Å². The number of aromatic nitrogens is 1. The summed E-state index contributed by atoms with van der Waals surface area (Å²) in [6.07, 6.45) is 4.55. The van der Waals surface area contributed by atoms with Crippen LogP contribution >= 0.6 is 0 Å². The number of hydrogen-bond donors (Lipinski definition) is 1. The van der Waals surface area contributed by atoms with E-state index < -0.39 is 6.10 Å². The Morgan fingerprint density at radius 1 is 1.05 bits per heavy atom. The van der Waals surface area contributed by atoms with Crippen molar-refractivity contribution in [3.63, 3.8) is 0 Å². The maximum absolute atomic E-state index is 9.83. The molecule has 0 aliphatic rings. The molecule has 0 spiro atoms. The molecule has 0 saturated heterocycles. The minimum Gasteiger partial charge on any atom is -0.387 e. The van der Waals surface area contributed by atoms with E-state index in [4.69, 9.17) is 0 Å². The molecule has 0 aliphatic heterocycles. The summed E-state index contributed by atoms with van der Waals surface area (Å²) in [6, 6.07) is 4.06. The lowest BCUT2D eigenvalue weighted by Crippen LogP contribution is -2.27. The van der Waals surface area contributed by atoms with Gasteiger partial charge in [0.1, 0.15) is 0 Å². The van der Waals surface area contributed by atoms with Gasteiger partial charge in [0.05, 0.1) is 23.7 Å². The topological polar surface area (TPSA) is 36.4 Å². The first-order valence-electron chi connectivity index (χ1n) is 8.33. The van der Waals surface area contributed by atoms with E-state index in [9.17, 15) is 5.11 Å². The zero-order valence-corrected chi connectivity index (χ0v) is 14.3. The first kappa shape index (κ1) is 18.0. The predicted octanol–water partition coefficient (Wildman–Crippen LogP) is 4.42. The number of hydrogen-bond acceptors (Lipinski definition) is 3. The van der Waals surface area contributed by atoms with Gasteiger partial charge in [-0.25, -0.2) is 0 Å². The highest BCUT2D eigenvalue weighted by Crippen LogP contribution is 2.20. The van der Waals surface area contributed by atoms with Crippen LogP contribution in [0.4, 0.5) is 5.69 Å². The highest BCUT2D eigenvalue weighted by Gasteiger charge is 2.11. The smallest absolute Gasteiger partial charge is 0.0957 e. The maximum Gasteiger partial charge on any atom is 0.0957 e. The summed E-state index contributed by atoms with van der Waals surface area (Å²) in [5.74, 6) is 1.42. The molecule has 0 bridgehead atoms. The largest absolute Gasteiger partial charge is 0.387 e. The van der Waals surface area contributed by atoms with Crippen LogP contribution in [0.1, 0.15) is 65.7 Å². The van der Waals surface area contributed by atoms with E-state index in [0.29, 0.717) is 18.3 Å². The first-order valence-corrected chi connectivity index (χ1v) is 8.33. The number of anilines is 1. The summed E-state index contributed by atoms with van der Waals surface area (Å²) in [6.45, 7) is 13.2. The molecule has 0 aliphatic carbocycles. The van der Waals surface area contributed by atoms with Crippen molar-refractivity contribution in [2.75, 3.05) is 18.0 Å². The minimum atomic E-state index is -0.446. The molecular formula is C18H32N2O. The Morgan fingerprint density at radius 3 is 2.00 bits per heavy atom. The predicted molar refractivity (Wildman–Crippen MR) is 90.6 cm³/mol. The lowest BCUT2D eigenvalue weighted by molar-refractivity contribution is 0.169. The van der Waals surface area contributed by atoms with E-state index in [1.54, 1.807) is 0 Å². The van der Waals surface area contributed by atoms with Crippen LogP contribution < -0.4 is 4.90 Å². The zero-order valence-electron chi connectivity index (χ0n) is 14.3. The van der Waals surface area contributed by atoms with Gasteiger partial charge in [0, 0.05) is 13.1 Å². The van der Waals surface area contributed by atoms with Crippen molar-refractivity contribution in [1.29, 1.82) is 0 Å². The van der Waals surface area contributed by atoms with Gasteiger partial charge >= 0.3 is 0 Å². The van der Waals surface area contributed by atoms with E-state index in [-0.39, 0.29) is 0 Å². The number of nitrogens with zero attached hydrogens (tertiary/aromatic N) is 2. The third-order valence-electron chi connectivity index (χ3n) is 3.82. The van der Waals surface area contributed by atoms with Crippen LogP contribution in [0.15, 0.2) is 18.3 Å². The number of aliphatic hydroxyl groups is 1. The molecule has 120 valence electrons. The molecule has 0 unspecified atom stereocenters. The van der Waals surface area contributed by atoms with Crippen LogP contribution in [0.3, 0.4) is 0 Å². The second kappa shape index (κ2) is 9.04. The van der Waals surface area contributed by atoms with E-state index in [2.05, 4.69) is 43.6 Å². The highest BCUT2D eigenvalue weighted by atomic mass is 16.3. The molecule has 3 nitrogen and oxygen atoms in total. The standard InChI is InChI=1S/C18H32N2O/c1-6-18(21)17-8-7-16(13-19-17)20(11-9-14(2)3)12-10-15(4)5/h7-8,13-15,18,21H,6,9-12H2,1-5H3/t18-/m0/s1. The van der Waals surface area contributed by atoms with Crippen LogP contribution in [0.5, 0.6) is 0 Å². The van der Waals surface area contributed by atoms with Gasteiger partial charge < -0.3 is 10.0 Å². The quantitative estimate of drug-likeness (QED) is 0.731. The molecule has 1 aromatic rings. The van der Waals surface area contributed by atoms with Crippen LogP contribution in [0.25, 0.3) is 0 Å². The average Bonchev–Trinajstić information content (AvgIpc) is 2.46. The molecule has 0 amide bonds. The lowest BCUT2D eigenvalue weighted by Gasteiger charge is -2.26. The summed E-state index contributed by atoms with van der Waals surface area (Å²) >= 11 is 0. The third-order valence-corrected chi connectivity index (χ3v) is 3.82. The molecule has 1 aromatic heterocycles. The van der Waals surface area contributed by atoms with E-state index >= 15 is 0 Å². The normalized spacial score (nSPS) is 13.0. The van der Waals surface area contributed by atoms with Crippen molar-refractivity contribution in [3.8, 4) is 0 Å². The van der Waals surface area contributed by atoms with E-state index in [0.717, 1.165) is 18.8 Å². The molecule has 0 aromatic carbocycles. The Labute approximate surface area is 130 Å². The van der Waals surface area contributed by atoms with Gasteiger partial charge in [0.25, 0.3) is 0 Å². The molecular weight excluding hydrogens is 260 g/mol. The Hall–Kier alpha value is -1.09. The zero-order chi connectivity index (χ0) is 15.8. The van der Waals surface area contributed by atoms with Crippen LogP contribution in [0.2, 0.25) is 0 Å². The van der Waals surface area contributed by atoms with Crippen LogP contribution in [0, 0.1) is 11.8 Å². The van der Waals surface area contributed by atoms with E-state index in [1.165, 1.54) is 18.5 Å². The summed E-state index contributed by atoms with van der Waals surface area (Å²) < 4.78 is 0. The van der Waals surface area contributed by atoms with Gasteiger partial charge in [-0.15, -0.1) is 0 Å². The van der Waals surface area contributed by atoms with Gasteiger partial charge in [-0.05, 0) is 43.2 Å². The summed E-state index contributed by atoms with van der Waals surface area (Å²) in [4.78, 5) is 6.86.